The largest absolute Gasteiger partial charge is 0.359 e. The van der Waals surface area contributed by atoms with Crippen molar-refractivity contribution in [3.8, 4) is 11.1 Å². The number of rotatable bonds is 6. The summed E-state index contributed by atoms with van der Waals surface area (Å²) < 4.78 is 13.7. The van der Waals surface area contributed by atoms with Gasteiger partial charge in [0.05, 0.1) is 5.52 Å². The molecule has 4 heteroatoms. The van der Waals surface area contributed by atoms with Gasteiger partial charge < -0.3 is 10.3 Å². The number of nitrogens with one attached hydrogen (secondary N) is 2. The maximum atomic E-state index is 13.7. The molecule has 0 amide bonds. The van der Waals surface area contributed by atoms with E-state index < -0.39 is 0 Å². The first-order valence-corrected chi connectivity index (χ1v) is 8.76. The highest BCUT2D eigenvalue weighted by Gasteiger charge is 2.06. The number of H-pyrrole nitrogens is 1. The van der Waals surface area contributed by atoms with E-state index in [-0.39, 0.29) is 5.82 Å². The van der Waals surface area contributed by atoms with Crippen LogP contribution < -0.4 is 5.32 Å². The van der Waals surface area contributed by atoms with Crippen molar-refractivity contribution in [3.05, 3.63) is 90.1 Å². The Balaban J connectivity index is 1.37. The molecule has 0 bridgehead atoms. The monoisotopic (exact) mass is 345 g/mol. The van der Waals surface area contributed by atoms with E-state index >= 15 is 0 Å². The van der Waals surface area contributed by atoms with Crippen LogP contribution in [0.15, 0.2) is 73.2 Å². The van der Waals surface area contributed by atoms with Crippen LogP contribution in [0.4, 0.5) is 4.39 Å². The van der Waals surface area contributed by atoms with Gasteiger partial charge in [-0.05, 0) is 53.4 Å². The number of pyridine rings is 1. The van der Waals surface area contributed by atoms with Gasteiger partial charge in [0.25, 0.3) is 0 Å². The first-order valence-electron chi connectivity index (χ1n) is 8.76. The van der Waals surface area contributed by atoms with E-state index in [1.807, 2.05) is 24.5 Å². The fourth-order valence-electron chi connectivity index (χ4n) is 3.23. The van der Waals surface area contributed by atoms with Crippen molar-refractivity contribution in [2.24, 2.45) is 0 Å². The van der Waals surface area contributed by atoms with Gasteiger partial charge in [-0.3, -0.25) is 4.98 Å². The summed E-state index contributed by atoms with van der Waals surface area (Å²) in [6.07, 6.45) is 6.42. The molecule has 0 saturated heterocycles. The molecule has 0 radical (unpaired) electrons. The summed E-state index contributed by atoms with van der Waals surface area (Å²) in [4.78, 5) is 7.21. The molecule has 0 unspecified atom stereocenters. The zero-order chi connectivity index (χ0) is 17.8. The average molecular weight is 345 g/mol. The van der Waals surface area contributed by atoms with Gasteiger partial charge in [-0.15, -0.1) is 0 Å². The zero-order valence-corrected chi connectivity index (χ0v) is 14.4. The van der Waals surface area contributed by atoms with Crippen LogP contribution in [0.5, 0.6) is 0 Å². The van der Waals surface area contributed by atoms with Crippen LogP contribution in [0.1, 0.15) is 11.1 Å². The normalized spacial score (nSPS) is 11.1. The second-order valence-electron chi connectivity index (χ2n) is 6.35. The Morgan fingerprint density at radius 2 is 1.88 bits per heavy atom. The van der Waals surface area contributed by atoms with E-state index in [0.29, 0.717) is 5.52 Å². The van der Waals surface area contributed by atoms with Crippen LogP contribution in [0, 0.1) is 5.82 Å². The minimum absolute atomic E-state index is 0.200. The molecule has 0 fully saturated rings. The minimum atomic E-state index is -0.200. The molecule has 0 aliphatic heterocycles. The Kier molecular flexibility index (Phi) is 4.75. The number of para-hydroxylation sites is 1. The lowest BCUT2D eigenvalue weighted by molar-refractivity contribution is 0.637. The summed E-state index contributed by atoms with van der Waals surface area (Å²) in [7, 11) is 0. The predicted molar refractivity (Wildman–Crippen MR) is 103 cm³/mol. The van der Waals surface area contributed by atoms with E-state index in [1.54, 1.807) is 12.3 Å². The quantitative estimate of drug-likeness (QED) is 0.497. The standard InChI is InChI=1S/C22H20FN3/c23-21-8-2-7-20-19(15-26-22(20)21)9-11-25-13-16-4-1-5-17(12-16)18-6-3-10-24-14-18/h1-8,10,12,14-15,25-26H,9,11,13H2. The van der Waals surface area contributed by atoms with E-state index in [2.05, 4.69) is 45.6 Å². The molecule has 4 rings (SSSR count). The van der Waals surface area contributed by atoms with Gasteiger partial charge in [-0.2, -0.15) is 0 Å². The van der Waals surface area contributed by atoms with E-state index in [1.165, 1.54) is 17.2 Å². The van der Waals surface area contributed by atoms with E-state index in [4.69, 9.17) is 0 Å². The highest BCUT2D eigenvalue weighted by atomic mass is 19.1. The molecule has 0 saturated carbocycles. The van der Waals surface area contributed by atoms with Gasteiger partial charge >= 0.3 is 0 Å². The Morgan fingerprint density at radius 1 is 1.00 bits per heavy atom. The van der Waals surface area contributed by atoms with Gasteiger partial charge in [-0.1, -0.05) is 36.4 Å². The lowest BCUT2D eigenvalue weighted by atomic mass is 10.0. The summed E-state index contributed by atoms with van der Waals surface area (Å²) in [5, 5.41) is 4.44. The van der Waals surface area contributed by atoms with Crippen LogP contribution in [-0.2, 0) is 13.0 Å². The number of fused-ring (bicyclic) bond motifs is 1. The molecule has 0 aliphatic rings. The number of halogens is 1. The number of benzene rings is 2. The molecule has 2 aromatic heterocycles. The second-order valence-corrected chi connectivity index (χ2v) is 6.35. The van der Waals surface area contributed by atoms with Gasteiger partial charge in [0.1, 0.15) is 5.82 Å². The maximum Gasteiger partial charge on any atom is 0.147 e. The van der Waals surface area contributed by atoms with Crippen LogP contribution in [-0.4, -0.2) is 16.5 Å². The first kappa shape index (κ1) is 16.5. The summed E-state index contributed by atoms with van der Waals surface area (Å²) in [5.74, 6) is -0.200. The van der Waals surface area contributed by atoms with Crippen molar-refractivity contribution in [1.82, 2.24) is 15.3 Å². The van der Waals surface area contributed by atoms with Gasteiger partial charge in [0, 0.05) is 30.5 Å². The number of hydrogen-bond acceptors (Lipinski definition) is 2. The highest BCUT2D eigenvalue weighted by molar-refractivity contribution is 5.83. The molecule has 2 aromatic carbocycles. The van der Waals surface area contributed by atoms with Crippen LogP contribution in [0.25, 0.3) is 22.0 Å². The third-order valence-electron chi connectivity index (χ3n) is 4.57. The van der Waals surface area contributed by atoms with Gasteiger partial charge in [0.15, 0.2) is 0 Å². The molecule has 0 atom stereocenters. The van der Waals surface area contributed by atoms with Crippen molar-refractivity contribution in [1.29, 1.82) is 0 Å². The Labute approximate surface area is 151 Å². The van der Waals surface area contributed by atoms with Crippen molar-refractivity contribution in [3.63, 3.8) is 0 Å². The molecule has 3 nitrogen and oxygen atoms in total. The van der Waals surface area contributed by atoms with Crippen molar-refractivity contribution < 1.29 is 4.39 Å². The summed E-state index contributed by atoms with van der Waals surface area (Å²) in [6.45, 7) is 1.63. The third-order valence-corrected chi connectivity index (χ3v) is 4.57. The Bertz CT molecular complexity index is 1010. The smallest absolute Gasteiger partial charge is 0.147 e. The summed E-state index contributed by atoms with van der Waals surface area (Å²) in [5.41, 5.74) is 5.25. The molecule has 0 aliphatic carbocycles. The first-order chi connectivity index (χ1) is 12.8. The fraction of sp³-hybridized carbons (Fsp3) is 0.136. The number of aromatic nitrogens is 2. The third kappa shape index (κ3) is 3.51. The van der Waals surface area contributed by atoms with Crippen molar-refractivity contribution >= 4 is 10.9 Å². The topological polar surface area (TPSA) is 40.7 Å². The molecule has 4 aromatic rings. The van der Waals surface area contributed by atoms with Gasteiger partial charge in [-0.25, -0.2) is 4.39 Å². The molecule has 2 heterocycles. The van der Waals surface area contributed by atoms with Crippen LogP contribution in [0.3, 0.4) is 0 Å². The fourth-order valence-corrected chi connectivity index (χ4v) is 3.23. The summed E-state index contributed by atoms with van der Waals surface area (Å²) >= 11 is 0. The maximum absolute atomic E-state index is 13.7. The highest BCUT2D eigenvalue weighted by Crippen LogP contribution is 2.21. The van der Waals surface area contributed by atoms with Crippen LogP contribution in [0.2, 0.25) is 0 Å². The molecule has 130 valence electrons. The molecular weight excluding hydrogens is 325 g/mol. The van der Waals surface area contributed by atoms with E-state index in [0.717, 1.165) is 36.0 Å². The van der Waals surface area contributed by atoms with Crippen molar-refractivity contribution in [2.45, 2.75) is 13.0 Å². The SMILES string of the molecule is Fc1cccc2c(CCNCc3cccc(-c4cccnc4)c3)c[nH]c12. The Hall–Kier alpha value is -2.98. The summed E-state index contributed by atoms with van der Waals surface area (Å²) in [6, 6.07) is 17.7. The average Bonchev–Trinajstić information content (AvgIpc) is 3.11. The number of aromatic amines is 1. The number of hydrogen-bond donors (Lipinski definition) is 2. The lowest BCUT2D eigenvalue weighted by Gasteiger charge is -2.07. The van der Waals surface area contributed by atoms with Crippen LogP contribution >= 0.6 is 0 Å². The van der Waals surface area contributed by atoms with E-state index in [9.17, 15) is 4.39 Å². The molecule has 26 heavy (non-hydrogen) atoms. The Morgan fingerprint density at radius 3 is 2.77 bits per heavy atom. The minimum Gasteiger partial charge on any atom is -0.359 e. The predicted octanol–water partition coefficient (Wildman–Crippen LogP) is 4.70. The number of nitrogens with zero attached hydrogens (tertiary/aromatic N) is 1. The molecule has 2 N–H and O–H groups in total. The van der Waals surface area contributed by atoms with Gasteiger partial charge in [0.2, 0.25) is 0 Å². The van der Waals surface area contributed by atoms with Crippen molar-refractivity contribution in [2.75, 3.05) is 6.54 Å². The molecular formula is C22H20FN3. The molecule has 0 spiro atoms. The lowest BCUT2D eigenvalue weighted by Crippen LogP contribution is -2.16. The zero-order valence-electron chi connectivity index (χ0n) is 14.4. The second kappa shape index (κ2) is 7.50.